The van der Waals surface area contributed by atoms with E-state index in [4.69, 9.17) is 0 Å². The number of aryl methyl sites for hydroxylation is 3. The van der Waals surface area contributed by atoms with Gasteiger partial charge in [0, 0.05) is 31.8 Å². The lowest BCUT2D eigenvalue weighted by Gasteiger charge is -2.29. The number of nitrogens with zero attached hydrogens (tertiary/aromatic N) is 4. The number of amidine groups is 1. The average Bonchev–Trinajstić information content (AvgIpc) is 3.07. The number of carbonyl (C=O) groups is 1. The highest BCUT2D eigenvalue weighted by atomic mass is 16.3. The molecule has 1 saturated heterocycles. The molecule has 1 aromatic heterocycles. The average molecular weight is 310 g/mol. The van der Waals surface area contributed by atoms with Crippen molar-refractivity contribution in [3.05, 3.63) is 41.2 Å². The fourth-order valence-electron chi connectivity index (χ4n) is 3.29. The molecule has 23 heavy (non-hydrogen) atoms. The second kappa shape index (κ2) is 4.52. The molecule has 0 spiro atoms. The highest BCUT2D eigenvalue weighted by Gasteiger charge is 2.52. The van der Waals surface area contributed by atoms with Crippen molar-refractivity contribution in [2.45, 2.75) is 25.9 Å². The number of anilines is 1. The van der Waals surface area contributed by atoms with Gasteiger partial charge in [0.1, 0.15) is 5.84 Å². The Balaban J connectivity index is 1.89. The first-order chi connectivity index (χ1) is 10.9. The third-order valence-corrected chi connectivity index (χ3v) is 4.78. The number of carbonyl (C=O) groups excluding carboxylic acids is 1. The maximum Gasteiger partial charge on any atom is 0.204 e. The summed E-state index contributed by atoms with van der Waals surface area (Å²) < 4.78 is 1.69. The number of hydrogen-bond acceptors (Lipinski definition) is 5. The van der Waals surface area contributed by atoms with E-state index >= 15 is 0 Å². The second-order valence-corrected chi connectivity index (χ2v) is 6.35. The minimum atomic E-state index is -1.54. The molecule has 0 unspecified atom stereocenters. The summed E-state index contributed by atoms with van der Waals surface area (Å²) in [7, 11) is 1.83. The van der Waals surface area contributed by atoms with Gasteiger partial charge in [-0.15, -0.1) is 0 Å². The van der Waals surface area contributed by atoms with Gasteiger partial charge in [0.15, 0.2) is 5.60 Å². The smallest absolute Gasteiger partial charge is 0.204 e. The zero-order valence-electron chi connectivity index (χ0n) is 13.4. The third-order valence-electron chi connectivity index (χ3n) is 4.78. The van der Waals surface area contributed by atoms with Crippen LogP contribution in [0.15, 0.2) is 29.5 Å². The molecule has 2 aliphatic heterocycles. The number of fused-ring (bicyclic) bond motifs is 2. The molecule has 2 aliphatic rings. The first kappa shape index (κ1) is 14.1. The Labute approximate surface area is 134 Å². The Morgan fingerprint density at radius 2 is 2.00 bits per heavy atom. The van der Waals surface area contributed by atoms with E-state index in [0.29, 0.717) is 30.1 Å². The summed E-state index contributed by atoms with van der Waals surface area (Å²) in [5.41, 5.74) is 2.55. The molecule has 2 aromatic rings. The van der Waals surface area contributed by atoms with E-state index in [9.17, 15) is 9.90 Å². The van der Waals surface area contributed by atoms with Crippen LogP contribution in [-0.4, -0.2) is 38.7 Å². The van der Waals surface area contributed by atoms with Crippen molar-refractivity contribution in [2.75, 3.05) is 11.4 Å². The summed E-state index contributed by atoms with van der Waals surface area (Å²) in [6.07, 6.45) is 3.91. The van der Waals surface area contributed by atoms with Crippen LogP contribution in [0.5, 0.6) is 0 Å². The van der Waals surface area contributed by atoms with Crippen LogP contribution in [0.2, 0.25) is 0 Å². The summed E-state index contributed by atoms with van der Waals surface area (Å²) in [4.78, 5) is 19.4. The van der Waals surface area contributed by atoms with Gasteiger partial charge in [0.25, 0.3) is 0 Å². The number of rotatable bonds is 1. The molecule has 0 amide bonds. The molecule has 0 radical (unpaired) electrons. The lowest BCUT2D eigenvalue weighted by atomic mass is 9.86. The highest BCUT2D eigenvalue weighted by Crippen LogP contribution is 2.40. The van der Waals surface area contributed by atoms with E-state index in [0.717, 1.165) is 16.8 Å². The number of ketones is 1. The predicted molar refractivity (Wildman–Crippen MR) is 87.5 cm³/mol. The molecule has 0 saturated carbocycles. The van der Waals surface area contributed by atoms with E-state index < -0.39 is 5.60 Å². The molecule has 0 aliphatic carbocycles. The minimum absolute atomic E-state index is 0.257. The first-order valence-corrected chi connectivity index (χ1v) is 7.64. The Morgan fingerprint density at radius 3 is 2.70 bits per heavy atom. The standard InChI is InChI=1S/C17H18N4O2/c1-10-6-13-14(7-11(10)2)19-16-17(23,15(13)22)4-5-21(16)12-8-18-20(3)9-12/h6-9,23H,4-5H2,1-3H3/t17-/m1/s1. The van der Waals surface area contributed by atoms with Gasteiger partial charge in [-0.1, -0.05) is 0 Å². The molecule has 0 bridgehead atoms. The molecular weight excluding hydrogens is 292 g/mol. The van der Waals surface area contributed by atoms with Crippen LogP contribution in [0.25, 0.3) is 0 Å². The second-order valence-electron chi connectivity index (χ2n) is 6.35. The number of benzene rings is 1. The largest absolute Gasteiger partial charge is 0.374 e. The first-order valence-electron chi connectivity index (χ1n) is 7.64. The summed E-state index contributed by atoms with van der Waals surface area (Å²) in [6.45, 7) is 4.50. The summed E-state index contributed by atoms with van der Waals surface area (Å²) in [6, 6.07) is 3.74. The van der Waals surface area contributed by atoms with Crippen LogP contribution < -0.4 is 4.90 Å². The third kappa shape index (κ3) is 1.88. The highest BCUT2D eigenvalue weighted by molar-refractivity contribution is 6.28. The fraction of sp³-hybridized carbons (Fsp3) is 0.353. The van der Waals surface area contributed by atoms with Gasteiger partial charge in [-0.3, -0.25) is 9.48 Å². The molecule has 1 aromatic carbocycles. The summed E-state index contributed by atoms with van der Waals surface area (Å²) >= 11 is 0. The minimum Gasteiger partial charge on any atom is -0.374 e. The zero-order valence-corrected chi connectivity index (χ0v) is 13.4. The van der Waals surface area contributed by atoms with Gasteiger partial charge in [0.05, 0.1) is 17.6 Å². The van der Waals surface area contributed by atoms with E-state index in [1.165, 1.54) is 0 Å². The van der Waals surface area contributed by atoms with Gasteiger partial charge in [0.2, 0.25) is 5.78 Å². The molecule has 118 valence electrons. The fourth-order valence-corrected chi connectivity index (χ4v) is 3.29. The van der Waals surface area contributed by atoms with Crippen molar-refractivity contribution in [1.82, 2.24) is 9.78 Å². The Bertz CT molecular complexity index is 867. The van der Waals surface area contributed by atoms with Crippen molar-refractivity contribution < 1.29 is 9.90 Å². The van der Waals surface area contributed by atoms with Crippen LogP contribution in [0.3, 0.4) is 0 Å². The van der Waals surface area contributed by atoms with Crippen LogP contribution in [0.1, 0.15) is 27.9 Å². The van der Waals surface area contributed by atoms with E-state index in [2.05, 4.69) is 10.1 Å². The van der Waals surface area contributed by atoms with Gasteiger partial charge in [-0.05, 0) is 37.1 Å². The van der Waals surface area contributed by atoms with Gasteiger partial charge >= 0.3 is 0 Å². The molecule has 6 nitrogen and oxygen atoms in total. The van der Waals surface area contributed by atoms with Crippen LogP contribution in [0, 0.1) is 13.8 Å². The maximum atomic E-state index is 12.9. The Kier molecular flexibility index (Phi) is 2.78. The lowest BCUT2D eigenvalue weighted by molar-refractivity contribution is 0.0602. The molecule has 6 heteroatoms. The monoisotopic (exact) mass is 310 g/mol. The van der Waals surface area contributed by atoms with Crippen molar-refractivity contribution in [2.24, 2.45) is 12.0 Å². The van der Waals surface area contributed by atoms with E-state index in [1.807, 2.05) is 44.1 Å². The number of aromatic nitrogens is 2. The number of Topliss-reactive ketones (excluding diaryl/α,β-unsaturated/α-hetero) is 1. The SMILES string of the molecule is Cc1cc2c(cc1C)C(=O)[C@]1(O)CCN(c3cnn(C)c3)C1=N2. The number of aliphatic hydroxyl groups is 1. The lowest BCUT2D eigenvalue weighted by Crippen LogP contribution is -2.48. The molecule has 1 fully saturated rings. The zero-order chi connectivity index (χ0) is 16.4. The number of aliphatic imine (C=N–C) groups is 1. The Hall–Kier alpha value is -2.47. The molecule has 3 heterocycles. The van der Waals surface area contributed by atoms with Crippen LogP contribution in [0.4, 0.5) is 11.4 Å². The normalized spacial score (nSPS) is 22.9. The molecular formula is C17H18N4O2. The molecule has 1 N–H and O–H groups in total. The Morgan fingerprint density at radius 1 is 1.26 bits per heavy atom. The van der Waals surface area contributed by atoms with Gasteiger partial charge in [-0.2, -0.15) is 5.10 Å². The van der Waals surface area contributed by atoms with Crippen molar-refractivity contribution in [1.29, 1.82) is 0 Å². The van der Waals surface area contributed by atoms with Crippen LogP contribution >= 0.6 is 0 Å². The summed E-state index contributed by atoms with van der Waals surface area (Å²) in [5.74, 6) is 0.151. The van der Waals surface area contributed by atoms with E-state index in [1.54, 1.807) is 10.9 Å². The van der Waals surface area contributed by atoms with Crippen molar-refractivity contribution in [3.63, 3.8) is 0 Å². The number of hydrogen-bond donors (Lipinski definition) is 1. The molecule has 4 rings (SSSR count). The van der Waals surface area contributed by atoms with Crippen molar-refractivity contribution >= 4 is 23.0 Å². The van der Waals surface area contributed by atoms with E-state index in [-0.39, 0.29) is 5.78 Å². The van der Waals surface area contributed by atoms with Gasteiger partial charge < -0.3 is 10.0 Å². The van der Waals surface area contributed by atoms with Gasteiger partial charge in [-0.25, -0.2) is 4.99 Å². The molecule has 1 atom stereocenters. The topological polar surface area (TPSA) is 70.7 Å². The quantitative estimate of drug-likeness (QED) is 0.873. The maximum absolute atomic E-state index is 12.9. The summed E-state index contributed by atoms with van der Waals surface area (Å²) in [5, 5.41) is 15.1. The predicted octanol–water partition coefficient (Wildman–Crippen LogP) is 1.90. The van der Waals surface area contributed by atoms with Crippen molar-refractivity contribution in [3.8, 4) is 0 Å². The van der Waals surface area contributed by atoms with Crippen LogP contribution in [-0.2, 0) is 7.05 Å².